The highest BCUT2D eigenvalue weighted by Crippen LogP contribution is 2.33. The van der Waals surface area contributed by atoms with Gasteiger partial charge in [0.15, 0.2) is 40.7 Å². The van der Waals surface area contributed by atoms with Crippen molar-refractivity contribution in [1.82, 2.24) is 12.9 Å². The maximum atomic E-state index is 13.5. The van der Waals surface area contributed by atoms with Gasteiger partial charge in [-0.3, -0.25) is 14.4 Å². The van der Waals surface area contributed by atoms with E-state index in [4.69, 9.17) is 34.8 Å². The minimum absolute atomic E-state index is 0.0259. The molecular formula is C59H60Cl3F7N6O12S3. The van der Waals surface area contributed by atoms with Crippen LogP contribution in [0.4, 0.5) is 47.8 Å². The summed E-state index contributed by atoms with van der Waals surface area (Å²) in [7, 11) is -11.8. The number of nitrogens with one attached hydrogen (secondary N) is 3. The number of carbonyl (C=O) groups is 3. The number of anilines is 3. The van der Waals surface area contributed by atoms with Gasteiger partial charge in [0.25, 0.3) is 17.7 Å². The summed E-state index contributed by atoms with van der Waals surface area (Å²) in [6.07, 6.45) is 0.198. The number of amides is 3. The van der Waals surface area contributed by atoms with Crippen LogP contribution in [0.2, 0.25) is 15.1 Å². The first-order valence-corrected chi connectivity index (χ1v) is 33.0. The number of piperidine rings is 3. The third-order valence-electron chi connectivity index (χ3n) is 15.1. The van der Waals surface area contributed by atoms with E-state index in [1.54, 1.807) is 20.8 Å². The van der Waals surface area contributed by atoms with E-state index >= 15 is 0 Å². The lowest BCUT2D eigenvalue weighted by molar-refractivity contribution is 0.0520. The lowest BCUT2D eigenvalue weighted by atomic mass is 9.94. The Kier molecular flexibility index (Phi) is 23.4. The average Bonchev–Trinajstić information content (AvgIpc) is 1.93. The van der Waals surface area contributed by atoms with Gasteiger partial charge < -0.3 is 31.3 Å². The average molecular weight is 1380 g/mol. The molecule has 31 heteroatoms. The Morgan fingerprint density at radius 1 is 0.478 bits per heavy atom. The lowest BCUT2D eigenvalue weighted by Gasteiger charge is -2.35. The van der Waals surface area contributed by atoms with E-state index in [1.807, 2.05) is 6.92 Å². The minimum Gasteiger partial charge on any atom is -0.393 e. The quantitative estimate of drug-likeness (QED) is 0.0466. The molecule has 0 aliphatic carbocycles. The molecule has 3 aliphatic heterocycles. The number of aryl methyl sites for hydroxylation is 2. The molecule has 6 aromatic carbocycles. The molecule has 3 saturated heterocycles. The zero-order valence-corrected chi connectivity index (χ0v) is 52.9. The maximum absolute atomic E-state index is 13.5. The third-order valence-corrected chi connectivity index (χ3v) is 22.0. The molecule has 6 aromatic rings. The topological polar surface area (TPSA) is 260 Å². The summed E-state index contributed by atoms with van der Waals surface area (Å²) in [5.74, 6) is -12.2. The number of benzene rings is 6. The van der Waals surface area contributed by atoms with E-state index in [2.05, 4.69) is 16.0 Å². The smallest absolute Gasteiger partial charge is 0.255 e. The lowest BCUT2D eigenvalue weighted by Crippen LogP contribution is -2.45. The first kappa shape index (κ1) is 71.2. The van der Waals surface area contributed by atoms with Crippen molar-refractivity contribution in [2.45, 2.75) is 92.8 Å². The van der Waals surface area contributed by atoms with Crippen LogP contribution in [0.15, 0.2) is 106 Å². The Labute approximate surface area is 529 Å². The van der Waals surface area contributed by atoms with Crippen LogP contribution in [0.1, 0.15) is 88.2 Å². The van der Waals surface area contributed by atoms with Crippen molar-refractivity contribution in [2.24, 2.45) is 11.8 Å². The molecule has 6 N–H and O–H groups in total. The minimum atomic E-state index is -4.03. The van der Waals surface area contributed by atoms with Crippen LogP contribution in [-0.4, -0.2) is 129 Å². The van der Waals surface area contributed by atoms with Crippen molar-refractivity contribution < 1.29 is 85.7 Å². The number of rotatable bonds is 13. The molecule has 486 valence electrons. The SMILES string of the molecule is CCC1CN(S(=O)(=O)c2cc(C(=O)Nc3cc(F)c(F)c(Cl)c3)ccc2Cl)CCC1O.Cc1ccc(C(=O)Nc2cc(F)c(F)c(Cl)c2)cc1S(=O)(=O)N1CCC(O)C(C)C1.Cc1ccc(C(=O)Nc2cc(F)c(F)c(F)c2)cc1S(=O)(=O)N1CCC(O)CC1. The molecule has 3 fully saturated rings. The maximum Gasteiger partial charge on any atom is 0.255 e. The highest BCUT2D eigenvalue weighted by atomic mass is 35.5. The molecule has 0 spiro atoms. The first-order valence-electron chi connectivity index (χ1n) is 27.6. The highest BCUT2D eigenvalue weighted by Gasteiger charge is 2.37. The number of aliphatic hydroxyl groups excluding tert-OH is 3. The fraction of sp³-hybridized carbons (Fsp3) is 0.339. The van der Waals surface area contributed by atoms with Gasteiger partial charge in [-0.1, -0.05) is 60.8 Å². The number of carbonyl (C=O) groups excluding carboxylic acids is 3. The molecular weight excluding hydrogens is 1320 g/mol. The van der Waals surface area contributed by atoms with Crippen LogP contribution in [0, 0.1) is 66.4 Å². The van der Waals surface area contributed by atoms with Gasteiger partial charge in [-0.15, -0.1) is 0 Å². The largest absolute Gasteiger partial charge is 0.393 e. The van der Waals surface area contributed by atoms with Crippen molar-refractivity contribution >= 4 is 99.7 Å². The number of hydrogen-bond donors (Lipinski definition) is 6. The molecule has 90 heavy (non-hydrogen) atoms. The predicted octanol–water partition coefficient (Wildman–Crippen LogP) is 10.7. The summed E-state index contributed by atoms with van der Waals surface area (Å²) in [6.45, 7) is 7.78. The Balaban J connectivity index is 0.000000192. The Bertz CT molecular complexity index is 4010. The van der Waals surface area contributed by atoms with Crippen LogP contribution in [-0.2, 0) is 30.1 Å². The van der Waals surface area contributed by atoms with Crippen molar-refractivity contribution in [3.05, 3.63) is 175 Å². The molecule has 0 radical (unpaired) electrons. The molecule has 0 aromatic heterocycles. The summed E-state index contributed by atoms with van der Waals surface area (Å²) in [6, 6.07) is 16.8. The van der Waals surface area contributed by atoms with E-state index < -0.39 is 117 Å². The van der Waals surface area contributed by atoms with Gasteiger partial charge in [0.2, 0.25) is 30.1 Å². The Hall–Kier alpha value is -6.28. The Morgan fingerprint density at radius 2 is 0.833 bits per heavy atom. The van der Waals surface area contributed by atoms with E-state index in [-0.39, 0.29) is 105 Å². The van der Waals surface area contributed by atoms with E-state index in [9.17, 15) is 85.7 Å². The van der Waals surface area contributed by atoms with Gasteiger partial charge in [0, 0.05) is 97.3 Å². The highest BCUT2D eigenvalue weighted by molar-refractivity contribution is 7.89. The molecule has 3 heterocycles. The Morgan fingerprint density at radius 3 is 1.26 bits per heavy atom. The second kappa shape index (κ2) is 29.6. The first-order chi connectivity index (χ1) is 42.1. The number of sulfonamides is 3. The molecule has 4 atom stereocenters. The normalized spacial score (nSPS) is 18.8. The number of nitrogens with zero attached hydrogens (tertiary/aromatic N) is 3. The van der Waals surface area contributed by atoms with Gasteiger partial charge >= 0.3 is 0 Å². The van der Waals surface area contributed by atoms with E-state index in [0.29, 0.717) is 55.4 Å². The van der Waals surface area contributed by atoms with E-state index in [1.165, 1.54) is 61.4 Å². The van der Waals surface area contributed by atoms with Gasteiger partial charge in [0.1, 0.15) is 4.90 Å². The van der Waals surface area contributed by atoms with Crippen molar-refractivity contribution in [2.75, 3.05) is 55.2 Å². The van der Waals surface area contributed by atoms with Crippen LogP contribution in [0.5, 0.6) is 0 Å². The summed E-state index contributed by atoms with van der Waals surface area (Å²) in [4.78, 5) is 37.2. The third kappa shape index (κ3) is 16.7. The monoisotopic (exact) mass is 1380 g/mol. The zero-order valence-electron chi connectivity index (χ0n) is 48.2. The number of halogens is 10. The van der Waals surface area contributed by atoms with Gasteiger partial charge in [-0.25, -0.2) is 56.0 Å². The molecule has 0 saturated carbocycles. The van der Waals surface area contributed by atoms with Crippen molar-refractivity contribution in [3.8, 4) is 0 Å². The van der Waals surface area contributed by atoms with Crippen LogP contribution < -0.4 is 16.0 Å². The van der Waals surface area contributed by atoms with Crippen LogP contribution >= 0.6 is 34.8 Å². The van der Waals surface area contributed by atoms with Crippen LogP contribution in [0.3, 0.4) is 0 Å². The second-order valence-electron chi connectivity index (χ2n) is 21.4. The van der Waals surface area contributed by atoms with Gasteiger partial charge in [-0.05, 0) is 124 Å². The fourth-order valence-electron chi connectivity index (χ4n) is 9.79. The summed E-state index contributed by atoms with van der Waals surface area (Å²) >= 11 is 17.3. The van der Waals surface area contributed by atoms with Gasteiger partial charge in [-0.2, -0.15) is 12.9 Å². The molecule has 4 unspecified atom stereocenters. The van der Waals surface area contributed by atoms with Crippen molar-refractivity contribution in [3.63, 3.8) is 0 Å². The van der Waals surface area contributed by atoms with Gasteiger partial charge in [0.05, 0.1) is 43.2 Å². The predicted molar refractivity (Wildman–Crippen MR) is 322 cm³/mol. The second-order valence-corrected chi connectivity index (χ2v) is 28.4. The number of hydrogen-bond acceptors (Lipinski definition) is 12. The molecule has 3 aliphatic rings. The molecule has 0 bridgehead atoms. The van der Waals surface area contributed by atoms with E-state index in [0.717, 1.165) is 30.3 Å². The summed E-state index contributed by atoms with van der Waals surface area (Å²) < 4.78 is 176. The van der Waals surface area contributed by atoms with Crippen molar-refractivity contribution in [1.29, 1.82) is 0 Å². The zero-order chi connectivity index (χ0) is 66.5. The molecule has 3 amide bonds. The number of aliphatic hydroxyl groups is 3. The summed E-state index contributed by atoms with van der Waals surface area (Å²) in [5, 5.41) is 35.4. The molecule has 18 nitrogen and oxygen atoms in total. The van der Waals surface area contributed by atoms with Crippen LogP contribution in [0.25, 0.3) is 0 Å². The molecule has 9 rings (SSSR count). The standard InChI is InChI=1S/C20H20Cl2F2N2O4S.C20H21ClF2N2O4S.C19H19F3N2O4S/c1-2-11-10-26(6-5-17(11)27)31(29,30)18-7-12(3-4-14(18)21)20(28)25-13-8-15(22)19(24)16(23)9-13;1-11-3-4-13(20(27)24-14-8-15(21)19(23)16(22)9-14)7-18(11)30(28,29)25-6-5-17(26)12(2)10-25;1-11-2-3-12(19(26)23-13-9-15(20)18(22)16(21)10-13)8-17(11)29(27,28)24-6-4-14(25)5-7-24/h3-4,7-9,11,17,27H,2,5-6,10H2,1H3,(H,25,28);3-4,7-9,12,17,26H,5-6,10H2,1-2H3,(H,24,27);2-3,8-10,14,25H,4-7H2,1H3,(H,23,26). The summed E-state index contributed by atoms with van der Waals surface area (Å²) in [5.41, 5.74) is 0.361. The fourth-order valence-corrected chi connectivity index (χ4v) is 15.7.